The van der Waals surface area contributed by atoms with Crippen molar-refractivity contribution in [2.45, 2.75) is 0 Å². The molecule has 0 amide bonds. The summed E-state index contributed by atoms with van der Waals surface area (Å²) in [6, 6.07) is 11.6. The Bertz CT molecular complexity index is 505. The maximum Gasteiger partial charge on any atom is 0.349 e. The van der Waals surface area contributed by atoms with Gasteiger partial charge in [-0.1, -0.05) is 41.9 Å². The Kier molecular flexibility index (Phi) is 3.27. The minimum Gasteiger partial charge on any atom is -0.465 e. The first-order chi connectivity index (χ1) is 7.72. The molecule has 1 heterocycles. The molecule has 0 bridgehead atoms. The molecule has 0 atom stereocenters. The molecule has 4 heteroatoms. The lowest BCUT2D eigenvalue weighted by Gasteiger charge is -1.95. The molecule has 0 saturated carbocycles. The average Bonchev–Trinajstić information content (AvgIpc) is 2.71. The van der Waals surface area contributed by atoms with Crippen LogP contribution in [0.5, 0.6) is 0 Å². The molecular formula is C12H9ClO2S. The molecule has 0 radical (unpaired) electrons. The molecule has 2 nitrogen and oxygen atoms in total. The molecule has 0 aliphatic rings. The summed E-state index contributed by atoms with van der Waals surface area (Å²) in [6.07, 6.45) is 0. The van der Waals surface area contributed by atoms with Crippen molar-refractivity contribution < 1.29 is 9.53 Å². The lowest BCUT2D eigenvalue weighted by atomic mass is 10.2. The van der Waals surface area contributed by atoms with Gasteiger partial charge in [0.1, 0.15) is 4.88 Å². The van der Waals surface area contributed by atoms with Crippen LogP contribution in [0.15, 0.2) is 36.4 Å². The van der Waals surface area contributed by atoms with Crippen LogP contribution in [0.2, 0.25) is 5.02 Å². The summed E-state index contributed by atoms with van der Waals surface area (Å²) in [5.41, 5.74) is 1.05. The Morgan fingerprint density at radius 3 is 2.62 bits per heavy atom. The SMILES string of the molecule is COC(=O)c1sc(-c2ccccc2)cc1Cl. The molecule has 0 spiro atoms. The fraction of sp³-hybridized carbons (Fsp3) is 0.0833. The van der Waals surface area contributed by atoms with Crippen LogP contribution in [0.4, 0.5) is 0 Å². The molecule has 0 unspecified atom stereocenters. The maximum atomic E-state index is 11.4. The molecule has 16 heavy (non-hydrogen) atoms. The topological polar surface area (TPSA) is 26.3 Å². The molecule has 0 aliphatic carbocycles. The number of hydrogen-bond donors (Lipinski definition) is 0. The zero-order chi connectivity index (χ0) is 11.5. The molecule has 2 rings (SSSR count). The van der Waals surface area contributed by atoms with E-state index in [9.17, 15) is 4.79 Å². The van der Waals surface area contributed by atoms with E-state index < -0.39 is 5.97 Å². The molecule has 1 aromatic heterocycles. The Morgan fingerprint density at radius 2 is 2.00 bits per heavy atom. The Morgan fingerprint density at radius 1 is 1.31 bits per heavy atom. The summed E-state index contributed by atoms with van der Waals surface area (Å²) in [7, 11) is 1.35. The number of halogens is 1. The summed E-state index contributed by atoms with van der Waals surface area (Å²) < 4.78 is 4.65. The second-order valence-corrected chi connectivity index (χ2v) is 4.60. The van der Waals surface area contributed by atoms with Crippen LogP contribution in [0.25, 0.3) is 10.4 Å². The van der Waals surface area contributed by atoms with Crippen LogP contribution in [0.3, 0.4) is 0 Å². The van der Waals surface area contributed by atoms with Gasteiger partial charge in [-0.3, -0.25) is 0 Å². The number of methoxy groups -OCH3 is 1. The first-order valence-corrected chi connectivity index (χ1v) is 5.85. The Hall–Kier alpha value is -1.32. The van der Waals surface area contributed by atoms with E-state index in [1.165, 1.54) is 18.4 Å². The zero-order valence-electron chi connectivity index (χ0n) is 8.57. The van der Waals surface area contributed by atoms with Crippen LogP contribution >= 0.6 is 22.9 Å². The molecule has 2 aromatic rings. The maximum absolute atomic E-state index is 11.4. The van der Waals surface area contributed by atoms with E-state index in [-0.39, 0.29) is 0 Å². The number of carbonyl (C=O) groups is 1. The largest absolute Gasteiger partial charge is 0.465 e. The van der Waals surface area contributed by atoms with E-state index in [2.05, 4.69) is 4.74 Å². The highest BCUT2D eigenvalue weighted by molar-refractivity contribution is 7.18. The standard InChI is InChI=1S/C12H9ClO2S/c1-15-12(14)11-9(13)7-10(16-11)8-5-3-2-4-6-8/h2-7H,1H3. The van der Waals surface area contributed by atoms with Gasteiger partial charge in [0.25, 0.3) is 0 Å². The van der Waals surface area contributed by atoms with Gasteiger partial charge >= 0.3 is 5.97 Å². The lowest BCUT2D eigenvalue weighted by molar-refractivity contribution is 0.0606. The van der Waals surface area contributed by atoms with Crippen LogP contribution in [0.1, 0.15) is 9.67 Å². The summed E-state index contributed by atoms with van der Waals surface area (Å²) in [6.45, 7) is 0. The van der Waals surface area contributed by atoms with Gasteiger partial charge in [0, 0.05) is 4.88 Å². The van der Waals surface area contributed by atoms with Crippen LogP contribution in [0, 0.1) is 0 Å². The van der Waals surface area contributed by atoms with Gasteiger partial charge in [-0.15, -0.1) is 11.3 Å². The van der Waals surface area contributed by atoms with Crippen molar-refractivity contribution in [3.63, 3.8) is 0 Å². The summed E-state index contributed by atoms with van der Waals surface area (Å²) in [5.74, 6) is -0.391. The van der Waals surface area contributed by atoms with Crippen molar-refractivity contribution in [3.8, 4) is 10.4 Å². The number of benzene rings is 1. The molecule has 1 aromatic carbocycles. The third kappa shape index (κ3) is 2.10. The first-order valence-electron chi connectivity index (χ1n) is 4.65. The van der Waals surface area contributed by atoms with E-state index in [0.29, 0.717) is 9.90 Å². The molecule has 0 fully saturated rings. The smallest absolute Gasteiger partial charge is 0.349 e. The van der Waals surface area contributed by atoms with Gasteiger partial charge in [0.2, 0.25) is 0 Å². The third-order valence-corrected chi connectivity index (χ3v) is 3.69. The highest BCUT2D eigenvalue weighted by Gasteiger charge is 2.15. The van der Waals surface area contributed by atoms with Crippen molar-refractivity contribution in [2.75, 3.05) is 7.11 Å². The van der Waals surface area contributed by atoms with Crippen molar-refractivity contribution in [1.82, 2.24) is 0 Å². The van der Waals surface area contributed by atoms with Gasteiger partial charge in [-0.25, -0.2) is 4.79 Å². The van der Waals surface area contributed by atoms with E-state index in [1.54, 1.807) is 6.07 Å². The minimum absolute atomic E-state index is 0.391. The van der Waals surface area contributed by atoms with E-state index >= 15 is 0 Å². The molecule has 0 aliphatic heterocycles. The van der Waals surface area contributed by atoms with Crippen LogP contribution in [-0.2, 0) is 4.74 Å². The fourth-order valence-electron chi connectivity index (χ4n) is 1.35. The van der Waals surface area contributed by atoms with Gasteiger partial charge in [0.15, 0.2) is 0 Å². The lowest BCUT2D eigenvalue weighted by Crippen LogP contribution is -1.97. The van der Waals surface area contributed by atoms with Crippen molar-refractivity contribution >= 4 is 28.9 Å². The van der Waals surface area contributed by atoms with Crippen molar-refractivity contribution in [3.05, 3.63) is 46.3 Å². The van der Waals surface area contributed by atoms with Crippen molar-refractivity contribution in [2.24, 2.45) is 0 Å². The molecule has 0 N–H and O–H groups in total. The molecule has 0 saturated heterocycles. The Balaban J connectivity index is 2.42. The average molecular weight is 253 g/mol. The van der Waals surface area contributed by atoms with Crippen LogP contribution in [-0.4, -0.2) is 13.1 Å². The van der Waals surface area contributed by atoms with E-state index in [1.807, 2.05) is 30.3 Å². The second-order valence-electron chi connectivity index (χ2n) is 3.15. The van der Waals surface area contributed by atoms with E-state index in [4.69, 9.17) is 11.6 Å². The second kappa shape index (κ2) is 4.68. The minimum atomic E-state index is -0.391. The summed E-state index contributed by atoms with van der Waals surface area (Å²) in [5, 5.41) is 0.440. The van der Waals surface area contributed by atoms with E-state index in [0.717, 1.165) is 10.4 Å². The highest BCUT2D eigenvalue weighted by atomic mass is 35.5. The monoisotopic (exact) mass is 252 g/mol. The molecule has 82 valence electrons. The quantitative estimate of drug-likeness (QED) is 0.759. The fourth-order valence-corrected chi connectivity index (χ4v) is 2.69. The first kappa shape index (κ1) is 11.2. The van der Waals surface area contributed by atoms with Gasteiger partial charge in [-0.05, 0) is 11.6 Å². The predicted molar refractivity (Wildman–Crippen MR) is 66.1 cm³/mol. The predicted octanol–water partition coefficient (Wildman–Crippen LogP) is 3.86. The third-order valence-electron chi connectivity index (χ3n) is 2.12. The number of thiophene rings is 1. The molecular weight excluding hydrogens is 244 g/mol. The number of esters is 1. The number of carbonyl (C=O) groups excluding carboxylic acids is 1. The van der Waals surface area contributed by atoms with Gasteiger partial charge in [0.05, 0.1) is 12.1 Å². The summed E-state index contributed by atoms with van der Waals surface area (Å²) in [4.78, 5) is 12.8. The van der Waals surface area contributed by atoms with Gasteiger partial charge in [-0.2, -0.15) is 0 Å². The normalized spacial score (nSPS) is 10.1. The Labute approximate surface area is 102 Å². The zero-order valence-corrected chi connectivity index (χ0v) is 10.1. The number of hydrogen-bond acceptors (Lipinski definition) is 3. The number of ether oxygens (including phenoxy) is 1. The number of rotatable bonds is 2. The van der Waals surface area contributed by atoms with Gasteiger partial charge < -0.3 is 4.74 Å². The highest BCUT2D eigenvalue weighted by Crippen LogP contribution is 2.34. The van der Waals surface area contributed by atoms with Crippen LogP contribution < -0.4 is 0 Å². The van der Waals surface area contributed by atoms with Crippen molar-refractivity contribution in [1.29, 1.82) is 0 Å². The summed E-state index contributed by atoms with van der Waals surface area (Å²) >= 11 is 7.32.